The van der Waals surface area contributed by atoms with Crippen molar-refractivity contribution < 1.29 is 4.52 Å². The average Bonchev–Trinajstić information content (AvgIpc) is 2.89. The zero-order chi connectivity index (χ0) is 13.1. The highest BCUT2D eigenvalue weighted by atomic mass is 16.5. The smallest absolute Gasteiger partial charge is 0.276 e. The van der Waals surface area contributed by atoms with E-state index in [1.165, 1.54) is 0 Å². The summed E-state index contributed by atoms with van der Waals surface area (Å²) in [4.78, 5) is 12.6. The number of pyridine rings is 2. The Morgan fingerprint density at radius 2 is 2.05 bits per heavy atom. The first-order chi connectivity index (χ1) is 9.31. The van der Waals surface area contributed by atoms with Crippen LogP contribution >= 0.6 is 0 Å². The minimum absolute atomic E-state index is 0.380. The fraction of sp³-hybridized carbons (Fsp3) is 0.0769. The maximum Gasteiger partial charge on any atom is 0.276 e. The number of nitrogens with two attached hydrogens (primary N) is 1. The molecule has 2 N–H and O–H groups in total. The number of anilines is 1. The molecule has 0 aromatic carbocycles. The van der Waals surface area contributed by atoms with Gasteiger partial charge in [0.15, 0.2) is 5.82 Å². The fourth-order valence-corrected chi connectivity index (χ4v) is 1.63. The molecule has 0 aliphatic rings. The lowest BCUT2D eigenvalue weighted by Crippen LogP contribution is -1.93. The Bertz CT molecular complexity index is 663. The highest BCUT2D eigenvalue weighted by Crippen LogP contribution is 2.16. The van der Waals surface area contributed by atoms with Gasteiger partial charge in [-0.2, -0.15) is 4.98 Å². The summed E-state index contributed by atoms with van der Waals surface area (Å²) in [5.74, 6) is 0.957. The van der Waals surface area contributed by atoms with Crippen LogP contribution in [-0.2, 0) is 6.42 Å². The third-order valence-corrected chi connectivity index (χ3v) is 2.54. The molecule has 3 heterocycles. The second-order valence-corrected chi connectivity index (χ2v) is 3.99. The zero-order valence-electron chi connectivity index (χ0n) is 10.0. The van der Waals surface area contributed by atoms with Gasteiger partial charge in [0.05, 0.1) is 18.3 Å². The van der Waals surface area contributed by atoms with Gasteiger partial charge in [-0.25, -0.2) is 4.98 Å². The Hall–Kier alpha value is -2.76. The van der Waals surface area contributed by atoms with Crippen molar-refractivity contribution in [3.8, 4) is 11.6 Å². The van der Waals surface area contributed by atoms with E-state index in [0.29, 0.717) is 29.5 Å². The number of nitrogen functional groups attached to an aromatic ring is 1. The molecule has 0 aliphatic heterocycles. The molecular formula is C13H11N5O. The summed E-state index contributed by atoms with van der Waals surface area (Å²) < 4.78 is 5.17. The maximum absolute atomic E-state index is 5.57. The molecule has 0 spiro atoms. The number of nitrogens with zero attached hydrogens (tertiary/aromatic N) is 4. The van der Waals surface area contributed by atoms with Gasteiger partial charge < -0.3 is 10.3 Å². The minimum atomic E-state index is 0.380. The summed E-state index contributed by atoms with van der Waals surface area (Å²) in [6.45, 7) is 0. The Morgan fingerprint density at radius 1 is 1.11 bits per heavy atom. The molecule has 6 heteroatoms. The minimum Gasteiger partial charge on any atom is -0.397 e. The van der Waals surface area contributed by atoms with E-state index in [4.69, 9.17) is 10.3 Å². The quantitative estimate of drug-likeness (QED) is 0.763. The van der Waals surface area contributed by atoms with Crippen molar-refractivity contribution in [3.63, 3.8) is 0 Å². The Morgan fingerprint density at radius 3 is 2.79 bits per heavy atom. The molecule has 0 fully saturated rings. The van der Waals surface area contributed by atoms with Crippen LogP contribution in [0.1, 0.15) is 11.5 Å². The topological polar surface area (TPSA) is 90.7 Å². The number of aromatic nitrogens is 4. The fourth-order valence-electron chi connectivity index (χ4n) is 1.63. The first-order valence-corrected chi connectivity index (χ1v) is 5.75. The van der Waals surface area contributed by atoms with E-state index in [1.54, 1.807) is 24.5 Å². The van der Waals surface area contributed by atoms with Crippen molar-refractivity contribution in [1.82, 2.24) is 20.1 Å². The van der Waals surface area contributed by atoms with Crippen molar-refractivity contribution in [2.24, 2.45) is 0 Å². The van der Waals surface area contributed by atoms with E-state index in [9.17, 15) is 0 Å². The van der Waals surface area contributed by atoms with Crippen LogP contribution in [0, 0.1) is 0 Å². The molecular weight excluding hydrogens is 242 g/mol. The van der Waals surface area contributed by atoms with Crippen LogP contribution in [0.15, 0.2) is 47.2 Å². The van der Waals surface area contributed by atoms with Gasteiger partial charge >= 0.3 is 0 Å². The van der Waals surface area contributed by atoms with Gasteiger partial charge in [-0.1, -0.05) is 11.2 Å². The number of rotatable bonds is 3. The highest BCUT2D eigenvalue weighted by molar-refractivity contribution is 5.50. The summed E-state index contributed by atoms with van der Waals surface area (Å²) in [6, 6.07) is 9.18. The van der Waals surface area contributed by atoms with Crippen molar-refractivity contribution in [2.45, 2.75) is 6.42 Å². The third-order valence-electron chi connectivity index (χ3n) is 2.54. The van der Waals surface area contributed by atoms with Gasteiger partial charge in [-0.3, -0.25) is 4.98 Å². The van der Waals surface area contributed by atoms with Crippen LogP contribution in [0.25, 0.3) is 11.6 Å². The molecule has 0 atom stereocenters. The van der Waals surface area contributed by atoms with E-state index in [1.807, 2.05) is 18.2 Å². The normalized spacial score (nSPS) is 10.5. The maximum atomic E-state index is 5.57. The van der Waals surface area contributed by atoms with Crippen LogP contribution < -0.4 is 5.73 Å². The summed E-state index contributed by atoms with van der Waals surface area (Å²) >= 11 is 0. The first-order valence-electron chi connectivity index (χ1n) is 5.75. The molecule has 0 radical (unpaired) electrons. The van der Waals surface area contributed by atoms with Gasteiger partial charge in [-0.05, 0) is 24.3 Å². The predicted molar refractivity (Wildman–Crippen MR) is 69.0 cm³/mol. The lowest BCUT2D eigenvalue weighted by Gasteiger charge is -1.94. The second-order valence-electron chi connectivity index (χ2n) is 3.99. The SMILES string of the molecule is Nc1ccc(-c2nc(Cc3ccccn3)no2)nc1. The summed E-state index contributed by atoms with van der Waals surface area (Å²) in [7, 11) is 0. The standard InChI is InChI=1S/C13H11N5O/c14-9-4-5-11(16-8-9)13-17-12(18-19-13)7-10-3-1-2-6-15-10/h1-6,8H,7,14H2. The predicted octanol–water partition coefficient (Wildman–Crippen LogP) is 1.70. The molecule has 3 aromatic heterocycles. The Labute approximate surface area is 109 Å². The van der Waals surface area contributed by atoms with Crippen LogP contribution in [0.4, 0.5) is 5.69 Å². The van der Waals surface area contributed by atoms with E-state index in [0.717, 1.165) is 5.69 Å². The molecule has 0 saturated carbocycles. The zero-order valence-corrected chi connectivity index (χ0v) is 10.0. The Kier molecular flexibility index (Phi) is 2.89. The molecule has 0 unspecified atom stereocenters. The first kappa shape index (κ1) is 11.3. The van der Waals surface area contributed by atoms with E-state index < -0.39 is 0 Å². The van der Waals surface area contributed by atoms with Gasteiger partial charge in [0.25, 0.3) is 5.89 Å². The molecule has 0 amide bonds. The second kappa shape index (κ2) is 4.85. The Balaban J connectivity index is 1.82. The summed E-state index contributed by atoms with van der Waals surface area (Å²) in [6.07, 6.45) is 3.81. The van der Waals surface area contributed by atoms with Gasteiger partial charge in [0.1, 0.15) is 5.69 Å². The highest BCUT2D eigenvalue weighted by Gasteiger charge is 2.10. The molecule has 0 bridgehead atoms. The van der Waals surface area contributed by atoms with Crippen molar-refractivity contribution in [3.05, 3.63) is 54.2 Å². The molecule has 3 aromatic rings. The molecule has 94 valence electrons. The largest absolute Gasteiger partial charge is 0.397 e. The van der Waals surface area contributed by atoms with Gasteiger partial charge in [0, 0.05) is 11.9 Å². The molecule has 3 rings (SSSR count). The van der Waals surface area contributed by atoms with Crippen LogP contribution in [-0.4, -0.2) is 20.1 Å². The molecule has 0 saturated heterocycles. The average molecular weight is 253 g/mol. The van der Waals surface area contributed by atoms with Crippen molar-refractivity contribution in [1.29, 1.82) is 0 Å². The summed E-state index contributed by atoms with van der Waals surface area (Å²) in [5.41, 5.74) is 7.66. The van der Waals surface area contributed by atoms with E-state index in [2.05, 4.69) is 20.1 Å². The van der Waals surface area contributed by atoms with E-state index >= 15 is 0 Å². The van der Waals surface area contributed by atoms with Crippen LogP contribution in [0.2, 0.25) is 0 Å². The lowest BCUT2D eigenvalue weighted by molar-refractivity contribution is 0.422. The third kappa shape index (κ3) is 2.57. The number of hydrogen-bond acceptors (Lipinski definition) is 6. The van der Waals surface area contributed by atoms with Gasteiger partial charge in [-0.15, -0.1) is 0 Å². The van der Waals surface area contributed by atoms with Crippen molar-refractivity contribution >= 4 is 5.69 Å². The van der Waals surface area contributed by atoms with Crippen LogP contribution in [0.3, 0.4) is 0 Å². The molecule has 0 aliphatic carbocycles. The van der Waals surface area contributed by atoms with Crippen LogP contribution in [0.5, 0.6) is 0 Å². The monoisotopic (exact) mass is 253 g/mol. The van der Waals surface area contributed by atoms with E-state index in [-0.39, 0.29) is 0 Å². The lowest BCUT2D eigenvalue weighted by atomic mass is 10.2. The molecule has 6 nitrogen and oxygen atoms in total. The summed E-state index contributed by atoms with van der Waals surface area (Å²) in [5, 5.41) is 3.91. The van der Waals surface area contributed by atoms with Crippen molar-refractivity contribution in [2.75, 3.05) is 5.73 Å². The van der Waals surface area contributed by atoms with Gasteiger partial charge in [0.2, 0.25) is 0 Å². The molecule has 19 heavy (non-hydrogen) atoms. The number of hydrogen-bond donors (Lipinski definition) is 1.